The molecule has 4 heteroatoms. The fourth-order valence-corrected chi connectivity index (χ4v) is 2.76. The first kappa shape index (κ1) is 16.5. The normalized spacial score (nSPS) is 16.4. The Morgan fingerprint density at radius 1 is 1.45 bits per heavy atom. The summed E-state index contributed by atoms with van der Waals surface area (Å²) in [4.78, 5) is 18.2. The molecule has 0 saturated carbocycles. The molecule has 0 atom stereocenters. The largest absolute Gasteiger partial charge is 0.444 e. The van der Waals surface area contributed by atoms with Crippen molar-refractivity contribution >= 4 is 12.2 Å². The molecule has 1 aromatic heterocycles. The van der Waals surface area contributed by atoms with Crippen LogP contribution in [0.2, 0.25) is 0 Å². The van der Waals surface area contributed by atoms with E-state index in [1.807, 2.05) is 37.8 Å². The minimum atomic E-state index is -0.428. The van der Waals surface area contributed by atoms with Gasteiger partial charge in [0.25, 0.3) is 0 Å². The van der Waals surface area contributed by atoms with Gasteiger partial charge in [0.2, 0.25) is 0 Å². The van der Waals surface area contributed by atoms with Crippen LogP contribution in [0.15, 0.2) is 24.9 Å². The molecule has 0 bridgehead atoms. The highest BCUT2D eigenvalue weighted by molar-refractivity contribution is 5.68. The summed E-state index contributed by atoms with van der Waals surface area (Å²) in [5.74, 6) is 0.585. The minimum absolute atomic E-state index is 0.195. The van der Waals surface area contributed by atoms with Gasteiger partial charge < -0.3 is 9.64 Å². The first-order valence-electron chi connectivity index (χ1n) is 7.93. The van der Waals surface area contributed by atoms with Crippen LogP contribution >= 0.6 is 0 Å². The van der Waals surface area contributed by atoms with Gasteiger partial charge in [0, 0.05) is 19.3 Å². The van der Waals surface area contributed by atoms with Gasteiger partial charge >= 0.3 is 6.09 Å². The first-order chi connectivity index (χ1) is 10.4. The molecule has 0 aliphatic carbocycles. The van der Waals surface area contributed by atoms with Crippen LogP contribution in [0.4, 0.5) is 4.79 Å². The second kappa shape index (κ2) is 6.95. The highest BCUT2D eigenvalue weighted by Gasteiger charge is 2.27. The van der Waals surface area contributed by atoms with E-state index in [4.69, 9.17) is 4.74 Å². The van der Waals surface area contributed by atoms with Crippen LogP contribution in [0.5, 0.6) is 0 Å². The molecule has 1 amide bonds. The Bertz CT molecular complexity index is 526. The number of pyridine rings is 1. The highest BCUT2D eigenvalue weighted by atomic mass is 16.6. The van der Waals surface area contributed by atoms with Crippen molar-refractivity contribution in [2.75, 3.05) is 13.1 Å². The molecule has 1 aliphatic rings. The van der Waals surface area contributed by atoms with Crippen LogP contribution in [0.3, 0.4) is 0 Å². The number of carbonyl (C=O) groups excluding carboxylic acids is 1. The SMILES string of the molecule is C=Cc1ncccc1CC1CCN(C(=O)OC(C)(C)C)CC1. The molecule has 22 heavy (non-hydrogen) atoms. The molecule has 120 valence electrons. The maximum Gasteiger partial charge on any atom is 0.410 e. The summed E-state index contributed by atoms with van der Waals surface area (Å²) >= 11 is 0. The monoisotopic (exact) mass is 302 g/mol. The van der Waals surface area contributed by atoms with Crippen molar-refractivity contribution in [2.45, 2.75) is 45.6 Å². The maximum atomic E-state index is 12.1. The number of hydrogen-bond acceptors (Lipinski definition) is 3. The van der Waals surface area contributed by atoms with E-state index < -0.39 is 5.60 Å². The van der Waals surface area contributed by atoms with Gasteiger partial charge in [0.05, 0.1) is 5.69 Å². The molecule has 0 spiro atoms. The van der Waals surface area contributed by atoms with Gasteiger partial charge in [-0.2, -0.15) is 0 Å². The van der Waals surface area contributed by atoms with E-state index in [1.54, 1.807) is 6.20 Å². The van der Waals surface area contributed by atoms with Crippen molar-refractivity contribution in [2.24, 2.45) is 5.92 Å². The number of nitrogens with zero attached hydrogens (tertiary/aromatic N) is 2. The van der Waals surface area contributed by atoms with Crippen molar-refractivity contribution in [3.05, 3.63) is 36.2 Å². The standard InChI is InChI=1S/C18H26N2O2/c1-5-16-15(7-6-10-19-16)13-14-8-11-20(12-9-14)17(21)22-18(2,3)4/h5-7,10,14H,1,8-9,11-13H2,2-4H3. The maximum absolute atomic E-state index is 12.1. The number of rotatable bonds is 3. The molecule has 0 N–H and O–H groups in total. The van der Waals surface area contributed by atoms with E-state index in [9.17, 15) is 4.79 Å². The smallest absolute Gasteiger partial charge is 0.410 e. The molecule has 1 aliphatic heterocycles. The molecule has 0 unspecified atom stereocenters. The predicted octanol–water partition coefficient (Wildman–Crippen LogP) is 3.91. The van der Waals surface area contributed by atoms with Gasteiger partial charge in [0.15, 0.2) is 0 Å². The molecule has 1 aromatic rings. The van der Waals surface area contributed by atoms with Crippen LogP contribution in [-0.2, 0) is 11.2 Å². The summed E-state index contributed by atoms with van der Waals surface area (Å²) in [5.41, 5.74) is 1.79. The number of carbonyl (C=O) groups is 1. The fraction of sp³-hybridized carbons (Fsp3) is 0.556. The summed E-state index contributed by atoms with van der Waals surface area (Å²) in [7, 11) is 0. The van der Waals surface area contributed by atoms with Gasteiger partial charge in [-0.25, -0.2) is 4.79 Å². The summed E-state index contributed by atoms with van der Waals surface area (Å²) in [6.45, 7) is 11.1. The zero-order valence-electron chi connectivity index (χ0n) is 13.8. The Hall–Kier alpha value is -1.84. The fourth-order valence-electron chi connectivity index (χ4n) is 2.76. The Kier molecular flexibility index (Phi) is 5.22. The molecule has 2 heterocycles. The summed E-state index contributed by atoms with van der Waals surface area (Å²) in [5, 5.41) is 0. The number of piperidine rings is 1. The third-order valence-corrected chi connectivity index (χ3v) is 3.89. The van der Waals surface area contributed by atoms with Crippen molar-refractivity contribution in [3.8, 4) is 0 Å². The van der Waals surface area contributed by atoms with Gasteiger partial charge in [-0.05, 0) is 63.7 Å². The van der Waals surface area contributed by atoms with E-state index in [0.29, 0.717) is 5.92 Å². The number of aromatic nitrogens is 1. The molecular weight excluding hydrogens is 276 g/mol. The van der Waals surface area contributed by atoms with Crippen molar-refractivity contribution in [1.82, 2.24) is 9.88 Å². The predicted molar refractivity (Wildman–Crippen MR) is 88.6 cm³/mol. The van der Waals surface area contributed by atoms with Crippen LogP contribution in [-0.4, -0.2) is 34.7 Å². The number of ether oxygens (including phenoxy) is 1. The highest BCUT2D eigenvalue weighted by Crippen LogP contribution is 2.24. The van der Waals surface area contributed by atoms with E-state index in [-0.39, 0.29) is 6.09 Å². The Balaban J connectivity index is 1.87. The molecule has 2 rings (SSSR count). The Labute approximate surface area is 133 Å². The molecule has 0 radical (unpaired) electrons. The van der Waals surface area contributed by atoms with E-state index in [0.717, 1.165) is 38.0 Å². The van der Waals surface area contributed by atoms with Crippen LogP contribution in [0, 0.1) is 5.92 Å². The lowest BCUT2D eigenvalue weighted by Gasteiger charge is -2.33. The lowest BCUT2D eigenvalue weighted by molar-refractivity contribution is 0.0184. The van der Waals surface area contributed by atoms with Crippen LogP contribution < -0.4 is 0 Å². The quantitative estimate of drug-likeness (QED) is 0.850. The number of likely N-dealkylation sites (tertiary alicyclic amines) is 1. The third kappa shape index (κ3) is 4.58. The lowest BCUT2D eigenvalue weighted by Crippen LogP contribution is -2.42. The van der Waals surface area contributed by atoms with E-state index in [2.05, 4.69) is 17.6 Å². The second-order valence-corrected chi connectivity index (χ2v) is 6.87. The lowest BCUT2D eigenvalue weighted by atomic mass is 9.89. The average molecular weight is 302 g/mol. The topological polar surface area (TPSA) is 42.4 Å². The van der Waals surface area contributed by atoms with Crippen LogP contribution in [0.1, 0.15) is 44.9 Å². The Morgan fingerprint density at radius 3 is 2.73 bits per heavy atom. The van der Waals surface area contributed by atoms with Crippen molar-refractivity contribution in [3.63, 3.8) is 0 Å². The zero-order chi connectivity index (χ0) is 16.2. The second-order valence-electron chi connectivity index (χ2n) is 6.87. The average Bonchev–Trinajstić information content (AvgIpc) is 2.47. The number of amides is 1. The van der Waals surface area contributed by atoms with Gasteiger partial charge in [-0.15, -0.1) is 0 Å². The van der Waals surface area contributed by atoms with Crippen molar-refractivity contribution < 1.29 is 9.53 Å². The summed E-state index contributed by atoms with van der Waals surface area (Å²) < 4.78 is 5.43. The first-order valence-corrected chi connectivity index (χ1v) is 7.93. The van der Waals surface area contributed by atoms with Crippen molar-refractivity contribution in [1.29, 1.82) is 0 Å². The molecule has 1 saturated heterocycles. The van der Waals surface area contributed by atoms with E-state index in [1.165, 1.54) is 5.56 Å². The van der Waals surface area contributed by atoms with E-state index >= 15 is 0 Å². The Morgan fingerprint density at radius 2 is 2.14 bits per heavy atom. The molecule has 0 aromatic carbocycles. The summed E-state index contributed by atoms with van der Waals surface area (Å²) in [6.07, 6.45) is 6.42. The molecular formula is C18H26N2O2. The number of hydrogen-bond donors (Lipinski definition) is 0. The molecule has 1 fully saturated rings. The van der Waals surface area contributed by atoms with Gasteiger partial charge in [0.1, 0.15) is 5.60 Å². The van der Waals surface area contributed by atoms with Crippen LogP contribution in [0.25, 0.3) is 6.08 Å². The third-order valence-electron chi connectivity index (χ3n) is 3.89. The van der Waals surface area contributed by atoms with Gasteiger partial charge in [-0.3, -0.25) is 4.98 Å². The summed E-state index contributed by atoms with van der Waals surface area (Å²) in [6, 6.07) is 4.09. The minimum Gasteiger partial charge on any atom is -0.444 e. The molecule has 4 nitrogen and oxygen atoms in total. The zero-order valence-corrected chi connectivity index (χ0v) is 13.8. The van der Waals surface area contributed by atoms with Gasteiger partial charge in [-0.1, -0.05) is 12.6 Å².